The fourth-order valence-electron chi connectivity index (χ4n) is 2.18. The van der Waals surface area contributed by atoms with Gasteiger partial charge >= 0.3 is 0 Å². The third kappa shape index (κ3) is 3.61. The molecule has 0 radical (unpaired) electrons. The molecule has 4 nitrogen and oxygen atoms in total. The van der Waals surface area contributed by atoms with Crippen molar-refractivity contribution in [3.8, 4) is 5.75 Å². The van der Waals surface area contributed by atoms with Gasteiger partial charge in [0.15, 0.2) is 0 Å². The minimum absolute atomic E-state index is 0.285. The van der Waals surface area contributed by atoms with Gasteiger partial charge in [0, 0.05) is 25.0 Å². The SMILES string of the molecule is CCOc1ccc(C(C)NCc2nccn2CC)cc1. The summed E-state index contributed by atoms with van der Waals surface area (Å²) in [6.45, 7) is 8.71. The highest BCUT2D eigenvalue weighted by atomic mass is 16.5. The summed E-state index contributed by atoms with van der Waals surface area (Å²) < 4.78 is 7.61. The van der Waals surface area contributed by atoms with Crippen LogP contribution in [-0.4, -0.2) is 16.2 Å². The van der Waals surface area contributed by atoms with Crippen molar-refractivity contribution < 1.29 is 4.74 Å². The molecule has 0 aliphatic carbocycles. The smallest absolute Gasteiger partial charge is 0.122 e. The number of nitrogens with zero attached hydrogens (tertiary/aromatic N) is 2. The predicted molar refractivity (Wildman–Crippen MR) is 80.8 cm³/mol. The van der Waals surface area contributed by atoms with E-state index < -0.39 is 0 Å². The van der Waals surface area contributed by atoms with Gasteiger partial charge in [-0.05, 0) is 38.5 Å². The quantitative estimate of drug-likeness (QED) is 0.842. The van der Waals surface area contributed by atoms with Crippen LogP contribution in [0.25, 0.3) is 0 Å². The first-order chi connectivity index (χ1) is 9.74. The van der Waals surface area contributed by atoms with Crippen LogP contribution in [-0.2, 0) is 13.1 Å². The Bertz CT molecular complexity index is 519. The molecule has 1 atom stereocenters. The van der Waals surface area contributed by atoms with Crippen molar-refractivity contribution in [2.45, 2.75) is 39.9 Å². The molecule has 4 heteroatoms. The van der Waals surface area contributed by atoms with Crippen LogP contribution in [0.1, 0.15) is 38.2 Å². The third-order valence-corrected chi connectivity index (χ3v) is 3.40. The topological polar surface area (TPSA) is 39.1 Å². The lowest BCUT2D eigenvalue weighted by Crippen LogP contribution is -2.20. The molecule has 2 rings (SSSR count). The van der Waals surface area contributed by atoms with E-state index in [1.54, 1.807) is 0 Å². The fourth-order valence-corrected chi connectivity index (χ4v) is 2.18. The number of hydrogen-bond donors (Lipinski definition) is 1. The summed E-state index contributed by atoms with van der Waals surface area (Å²) in [5.74, 6) is 2.00. The molecule has 0 bridgehead atoms. The summed E-state index contributed by atoms with van der Waals surface area (Å²) >= 11 is 0. The Morgan fingerprint density at radius 1 is 1.25 bits per heavy atom. The summed E-state index contributed by atoms with van der Waals surface area (Å²) in [7, 11) is 0. The van der Waals surface area contributed by atoms with Crippen molar-refractivity contribution in [1.29, 1.82) is 0 Å². The Kier molecular flexibility index (Phi) is 5.18. The molecule has 1 aromatic carbocycles. The van der Waals surface area contributed by atoms with Crippen molar-refractivity contribution >= 4 is 0 Å². The predicted octanol–water partition coefficient (Wildman–Crippen LogP) is 3.15. The number of imidazole rings is 1. The van der Waals surface area contributed by atoms with Gasteiger partial charge in [-0.2, -0.15) is 0 Å². The summed E-state index contributed by atoms with van der Waals surface area (Å²) in [4.78, 5) is 4.37. The summed E-state index contributed by atoms with van der Waals surface area (Å²) in [6, 6.07) is 8.53. The number of aryl methyl sites for hydroxylation is 1. The molecular formula is C16H23N3O. The van der Waals surface area contributed by atoms with Gasteiger partial charge < -0.3 is 14.6 Å². The molecule has 0 fully saturated rings. The van der Waals surface area contributed by atoms with Crippen LogP contribution in [0, 0.1) is 0 Å². The average molecular weight is 273 g/mol. The van der Waals surface area contributed by atoms with Crippen molar-refractivity contribution in [2.75, 3.05) is 6.61 Å². The summed E-state index contributed by atoms with van der Waals surface area (Å²) in [5.41, 5.74) is 1.25. The third-order valence-electron chi connectivity index (χ3n) is 3.40. The van der Waals surface area contributed by atoms with Gasteiger partial charge in [-0.25, -0.2) is 4.98 Å². The zero-order valence-electron chi connectivity index (χ0n) is 12.5. The van der Waals surface area contributed by atoms with Gasteiger partial charge in [0.25, 0.3) is 0 Å². The van der Waals surface area contributed by atoms with Crippen LogP contribution in [0.5, 0.6) is 5.75 Å². The van der Waals surface area contributed by atoms with E-state index in [1.807, 2.05) is 31.5 Å². The average Bonchev–Trinajstić information content (AvgIpc) is 2.93. The molecule has 1 aromatic heterocycles. The van der Waals surface area contributed by atoms with E-state index in [9.17, 15) is 0 Å². The molecule has 0 amide bonds. The maximum atomic E-state index is 5.46. The molecule has 0 spiro atoms. The Labute approximate surface area is 120 Å². The van der Waals surface area contributed by atoms with Gasteiger partial charge in [-0.3, -0.25) is 0 Å². The second-order valence-corrected chi connectivity index (χ2v) is 4.73. The molecular weight excluding hydrogens is 250 g/mol. The van der Waals surface area contributed by atoms with Crippen molar-refractivity contribution in [3.63, 3.8) is 0 Å². The fraction of sp³-hybridized carbons (Fsp3) is 0.438. The van der Waals surface area contributed by atoms with Crippen LogP contribution in [0.2, 0.25) is 0 Å². The molecule has 20 heavy (non-hydrogen) atoms. The minimum atomic E-state index is 0.285. The Morgan fingerprint density at radius 3 is 2.65 bits per heavy atom. The van der Waals surface area contributed by atoms with Gasteiger partial charge in [-0.15, -0.1) is 0 Å². The zero-order chi connectivity index (χ0) is 14.4. The Morgan fingerprint density at radius 2 is 2.00 bits per heavy atom. The van der Waals surface area contributed by atoms with E-state index >= 15 is 0 Å². The van der Waals surface area contributed by atoms with E-state index in [4.69, 9.17) is 4.74 Å². The number of rotatable bonds is 7. The van der Waals surface area contributed by atoms with Crippen LogP contribution in [0.3, 0.4) is 0 Å². The van der Waals surface area contributed by atoms with Crippen molar-refractivity contribution in [3.05, 3.63) is 48.0 Å². The first-order valence-electron chi connectivity index (χ1n) is 7.20. The normalized spacial score (nSPS) is 12.3. The highest BCUT2D eigenvalue weighted by molar-refractivity contribution is 5.28. The Balaban J connectivity index is 1.92. The van der Waals surface area contributed by atoms with Crippen LogP contribution in [0.15, 0.2) is 36.7 Å². The Hall–Kier alpha value is -1.81. The molecule has 0 aliphatic heterocycles. The zero-order valence-corrected chi connectivity index (χ0v) is 12.5. The van der Waals surface area contributed by atoms with Gasteiger partial charge in [0.05, 0.1) is 13.2 Å². The number of aromatic nitrogens is 2. The lowest BCUT2D eigenvalue weighted by molar-refractivity contribution is 0.340. The molecule has 0 saturated carbocycles. The molecule has 1 N–H and O–H groups in total. The summed E-state index contributed by atoms with van der Waals surface area (Å²) in [5, 5.41) is 3.50. The van der Waals surface area contributed by atoms with Crippen molar-refractivity contribution in [2.24, 2.45) is 0 Å². The van der Waals surface area contributed by atoms with Gasteiger partial charge in [0.2, 0.25) is 0 Å². The first-order valence-corrected chi connectivity index (χ1v) is 7.20. The second-order valence-electron chi connectivity index (χ2n) is 4.73. The molecule has 0 saturated heterocycles. The highest BCUT2D eigenvalue weighted by Gasteiger charge is 2.07. The monoisotopic (exact) mass is 273 g/mol. The molecule has 1 unspecified atom stereocenters. The molecule has 1 heterocycles. The van der Waals surface area contributed by atoms with Crippen LogP contribution in [0.4, 0.5) is 0 Å². The summed E-state index contributed by atoms with van der Waals surface area (Å²) in [6.07, 6.45) is 3.86. The van der Waals surface area contributed by atoms with Gasteiger partial charge in [0.1, 0.15) is 11.6 Å². The van der Waals surface area contributed by atoms with E-state index in [-0.39, 0.29) is 6.04 Å². The standard InChI is InChI=1S/C16H23N3O/c1-4-19-11-10-17-16(19)12-18-13(3)14-6-8-15(9-7-14)20-5-2/h6-11,13,18H,4-5,12H2,1-3H3. The van der Waals surface area contributed by atoms with Crippen LogP contribution < -0.4 is 10.1 Å². The first kappa shape index (κ1) is 14.6. The number of benzene rings is 1. The van der Waals surface area contributed by atoms with E-state index in [0.717, 1.165) is 24.7 Å². The molecule has 108 valence electrons. The maximum Gasteiger partial charge on any atom is 0.122 e. The largest absolute Gasteiger partial charge is 0.494 e. The minimum Gasteiger partial charge on any atom is -0.494 e. The van der Waals surface area contributed by atoms with Gasteiger partial charge in [-0.1, -0.05) is 12.1 Å². The molecule has 2 aromatic rings. The van der Waals surface area contributed by atoms with Crippen LogP contribution >= 0.6 is 0 Å². The lowest BCUT2D eigenvalue weighted by Gasteiger charge is -2.15. The highest BCUT2D eigenvalue weighted by Crippen LogP contribution is 2.17. The van der Waals surface area contributed by atoms with E-state index in [2.05, 4.69) is 40.8 Å². The lowest BCUT2D eigenvalue weighted by atomic mass is 10.1. The van der Waals surface area contributed by atoms with E-state index in [0.29, 0.717) is 6.61 Å². The number of hydrogen-bond acceptors (Lipinski definition) is 3. The number of nitrogens with one attached hydrogen (secondary N) is 1. The number of ether oxygens (including phenoxy) is 1. The molecule has 0 aliphatic rings. The second kappa shape index (κ2) is 7.10. The van der Waals surface area contributed by atoms with E-state index in [1.165, 1.54) is 5.56 Å². The van der Waals surface area contributed by atoms with Crippen molar-refractivity contribution in [1.82, 2.24) is 14.9 Å². The maximum absolute atomic E-state index is 5.46.